The second-order valence-corrected chi connectivity index (χ2v) is 9.70. The van der Waals surface area contributed by atoms with Crippen LogP contribution in [0.1, 0.15) is 61.4 Å². The maximum Gasteiger partial charge on any atom is 0.416 e. The molecule has 0 saturated heterocycles. The second kappa shape index (κ2) is 9.99. The Morgan fingerprint density at radius 1 is 1.03 bits per heavy atom. The predicted molar refractivity (Wildman–Crippen MR) is 124 cm³/mol. The molecule has 1 N–H and O–H groups in total. The van der Waals surface area contributed by atoms with E-state index >= 15 is 0 Å². The van der Waals surface area contributed by atoms with Crippen molar-refractivity contribution >= 4 is 17.7 Å². The van der Waals surface area contributed by atoms with Gasteiger partial charge >= 0.3 is 6.18 Å². The molecule has 0 spiro atoms. The molecular formula is C24H27F3N4OS. The molecule has 0 unspecified atom stereocenters. The van der Waals surface area contributed by atoms with Crippen LogP contribution in [-0.2, 0) is 18.1 Å². The molecule has 0 aliphatic rings. The van der Waals surface area contributed by atoms with E-state index in [4.69, 9.17) is 0 Å². The first kappa shape index (κ1) is 24.8. The van der Waals surface area contributed by atoms with Gasteiger partial charge in [-0.2, -0.15) is 13.2 Å². The average Bonchev–Trinajstić information content (AvgIpc) is 3.17. The minimum Gasteiger partial charge on any atom is -0.345 e. The molecule has 9 heteroatoms. The van der Waals surface area contributed by atoms with Gasteiger partial charge in [0.2, 0.25) is 0 Å². The summed E-state index contributed by atoms with van der Waals surface area (Å²) in [6, 6.07) is 12.4. The Balaban J connectivity index is 1.85. The van der Waals surface area contributed by atoms with E-state index in [1.807, 2.05) is 19.1 Å². The number of alkyl halides is 3. The quantitative estimate of drug-likeness (QED) is 0.424. The number of thioether (sulfide) groups is 1. The zero-order valence-corrected chi connectivity index (χ0v) is 19.8. The van der Waals surface area contributed by atoms with Crippen molar-refractivity contribution in [1.82, 2.24) is 20.1 Å². The van der Waals surface area contributed by atoms with Gasteiger partial charge in [-0.05, 0) is 47.7 Å². The summed E-state index contributed by atoms with van der Waals surface area (Å²) in [7, 11) is 0. The molecule has 5 nitrogen and oxygen atoms in total. The zero-order chi connectivity index (χ0) is 24.2. The molecular weight excluding hydrogens is 449 g/mol. The first-order valence-corrected chi connectivity index (χ1v) is 11.6. The van der Waals surface area contributed by atoms with Crippen molar-refractivity contribution in [3.63, 3.8) is 0 Å². The Labute approximate surface area is 195 Å². The molecule has 0 saturated carbocycles. The summed E-state index contributed by atoms with van der Waals surface area (Å²) in [6.07, 6.45) is -3.59. The van der Waals surface area contributed by atoms with Crippen molar-refractivity contribution in [3.05, 3.63) is 71.0 Å². The lowest BCUT2D eigenvalue weighted by atomic mass is 9.87. The molecule has 0 atom stereocenters. The number of amides is 1. The summed E-state index contributed by atoms with van der Waals surface area (Å²) in [5.74, 6) is 0.799. The molecule has 0 bridgehead atoms. The summed E-state index contributed by atoms with van der Waals surface area (Å²) < 4.78 is 41.3. The van der Waals surface area contributed by atoms with Crippen LogP contribution in [0.5, 0.6) is 0 Å². The van der Waals surface area contributed by atoms with Gasteiger partial charge in [0.15, 0.2) is 11.0 Å². The largest absolute Gasteiger partial charge is 0.416 e. The number of hydrogen-bond acceptors (Lipinski definition) is 4. The van der Waals surface area contributed by atoms with E-state index in [-0.39, 0.29) is 17.9 Å². The van der Waals surface area contributed by atoms with Gasteiger partial charge in [-0.3, -0.25) is 9.36 Å². The standard InChI is InChI=1S/C24H27F3N4OS/c1-5-13-33-22-30-29-20(31(22)19-8-6-7-18(14-19)24(25,26)27)15-28-21(32)16-9-11-17(12-10-16)23(2,3)4/h6-12,14H,5,13,15H2,1-4H3,(H,28,32). The topological polar surface area (TPSA) is 59.8 Å². The molecule has 33 heavy (non-hydrogen) atoms. The Morgan fingerprint density at radius 3 is 2.33 bits per heavy atom. The van der Waals surface area contributed by atoms with Crippen molar-refractivity contribution in [2.45, 2.75) is 57.4 Å². The summed E-state index contributed by atoms with van der Waals surface area (Å²) >= 11 is 1.41. The van der Waals surface area contributed by atoms with E-state index < -0.39 is 11.7 Å². The molecule has 0 aliphatic carbocycles. The van der Waals surface area contributed by atoms with Gasteiger partial charge in [-0.25, -0.2) is 0 Å². The van der Waals surface area contributed by atoms with Crippen molar-refractivity contribution in [2.75, 3.05) is 5.75 Å². The number of nitrogens with one attached hydrogen (secondary N) is 1. The normalized spacial score (nSPS) is 12.1. The van der Waals surface area contributed by atoms with Gasteiger partial charge < -0.3 is 5.32 Å². The molecule has 1 heterocycles. The van der Waals surface area contributed by atoms with E-state index in [1.54, 1.807) is 22.8 Å². The summed E-state index contributed by atoms with van der Waals surface area (Å²) in [5, 5.41) is 11.6. The molecule has 1 aromatic heterocycles. The van der Waals surface area contributed by atoms with Crippen LogP contribution >= 0.6 is 11.8 Å². The molecule has 2 aromatic carbocycles. The fraction of sp³-hybridized carbons (Fsp3) is 0.375. The number of carbonyl (C=O) groups excluding carboxylic acids is 1. The number of aromatic nitrogens is 3. The molecule has 0 aliphatic heterocycles. The van der Waals surface area contributed by atoms with Gasteiger partial charge in [-0.1, -0.05) is 57.7 Å². The van der Waals surface area contributed by atoms with E-state index in [0.29, 0.717) is 22.2 Å². The third-order valence-corrected chi connectivity index (χ3v) is 6.12. The molecule has 176 valence electrons. The van der Waals surface area contributed by atoms with Crippen LogP contribution in [0.25, 0.3) is 5.69 Å². The molecule has 0 fully saturated rings. The smallest absolute Gasteiger partial charge is 0.345 e. The SMILES string of the molecule is CCCSc1nnc(CNC(=O)c2ccc(C(C)(C)C)cc2)n1-c1cccc(C(F)(F)F)c1. The zero-order valence-electron chi connectivity index (χ0n) is 19.0. The van der Waals surface area contributed by atoms with Crippen LogP contribution in [0, 0.1) is 0 Å². The highest BCUT2D eigenvalue weighted by Crippen LogP contribution is 2.32. The lowest BCUT2D eigenvalue weighted by Crippen LogP contribution is -2.25. The Bertz CT molecular complexity index is 1100. The first-order valence-electron chi connectivity index (χ1n) is 10.6. The third-order valence-electron chi connectivity index (χ3n) is 4.99. The molecule has 3 aromatic rings. The minimum absolute atomic E-state index is 0.0236. The second-order valence-electron chi connectivity index (χ2n) is 8.64. The predicted octanol–water partition coefficient (Wildman–Crippen LogP) is 6.02. The molecule has 1 amide bonds. The Hall–Kier alpha value is -2.81. The summed E-state index contributed by atoms with van der Waals surface area (Å²) in [4.78, 5) is 12.7. The lowest BCUT2D eigenvalue weighted by molar-refractivity contribution is -0.137. The van der Waals surface area contributed by atoms with Crippen LogP contribution in [0.15, 0.2) is 53.7 Å². The number of halogens is 3. The van der Waals surface area contributed by atoms with Crippen molar-refractivity contribution in [2.24, 2.45) is 0 Å². The average molecular weight is 477 g/mol. The molecule has 0 radical (unpaired) electrons. The monoisotopic (exact) mass is 476 g/mol. The first-order chi connectivity index (χ1) is 15.5. The van der Waals surface area contributed by atoms with Crippen LogP contribution in [-0.4, -0.2) is 26.4 Å². The minimum atomic E-state index is -4.46. The summed E-state index contributed by atoms with van der Waals surface area (Å²) in [6.45, 7) is 8.31. The number of rotatable bonds is 7. The van der Waals surface area contributed by atoms with Gasteiger partial charge in [0.05, 0.1) is 17.8 Å². The third kappa shape index (κ3) is 6.16. The number of carbonyl (C=O) groups is 1. The maximum absolute atomic E-state index is 13.3. The Kier molecular flexibility index (Phi) is 7.51. The van der Waals surface area contributed by atoms with Gasteiger partial charge in [0.25, 0.3) is 5.91 Å². The lowest BCUT2D eigenvalue weighted by Gasteiger charge is -2.19. The van der Waals surface area contributed by atoms with Crippen molar-refractivity contribution in [1.29, 1.82) is 0 Å². The van der Waals surface area contributed by atoms with Crippen molar-refractivity contribution in [3.8, 4) is 5.69 Å². The Morgan fingerprint density at radius 2 is 1.73 bits per heavy atom. The van der Waals surface area contributed by atoms with E-state index in [1.165, 1.54) is 17.8 Å². The van der Waals surface area contributed by atoms with E-state index in [9.17, 15) is 18.0 Å². The van der Waals surface area contributed by atoms with Gasteiger partial charge in [0.1, 0.15) is 0 Å². The maximum atomic E-state index is 13.3. The van der Waals surface area contributed by atoms with E-state index in [0.717, 1.165) is 29.9 Å². The number of hydrogen-bond donors (Lipinski definition) is 1. The van der Waals surface area contributed by atoms with Crippen LogP contribution in [0.3, 0.4) is 0 Å². The van der Waals surface area contributed by atoms with Crippen LogP contribution < -0.4 is 5.32 Å². The van der Waals surface area contributed by atoms with Crippen LogP contribution in [0.4, 0.5) is 13.2 Å². The molecule has 3 rings (SSSR count). The van der Waals surface area contributed by atoms with E-state index in [2.05, 4.69) is 36.3 Å². The van der Waals surface area contributed by atoms with Crippen LogP contribution in [0.2, 0.25) is 0 Å². The number of nitrogens with zero attached hydrogens (tertiary/aromatic N) is 3. The number of benzene rings is 2. The van der Waals surface area contributed by atoms with Crippen molar-refractivity contribution < 1.29 is 18.0 Å². The van der Waals surface area contributed by atoms with Gasteiger partial charge in [-0.15, -0.1) is 10.2 Å². The van der Waals surface area contributed by atoms with Gasteiger partial charge in [0, 0.05) is 11.3 Å². The summed E-state index contributed by atoms with van der Waals surface area (Å²) in [5.41, 5.74) is 1.12. The fourth-order valence-electron chi connectivity index (χ4n) is 3.17. The fourth-order valence-corrected chi connectivity index (χ4v) is 3.99. The highest BCUT2D eigenvalue weighted by atomic mass is 32.2. The highest BCUT2D eigenvalue weighted by Gasteiger charge is 2.31. The highest BCUT2D eigenvalue weighted by molar-refractivity contribution is 7.99.